The van der Waals surface area contributed by atoms with Crippen LogP contribution in [-0.4, -0.2) is 6.54 Å². The number of oxazole rings is 1. The van der Waals surface area contributed by atoms with E-state index in [4.69, 9.17) is 20.8 Å². The summed E-state index contributed by atoms with van der Waals surface area (Å²) in [7, 11) is 2.04. The van der Waals surface area contributed by atoms with Gasteiger partial charge in [-0.1, -0.05) is 54.9 Å². The number of allylic oxidation sites excluding steroid dienone is 2. The minimum absolute atomic E-state index is 0.701. The molecule has 0 atom stereocenters. The first kappa shape index (κ1) is 21.4. The van der Waals surface area contributed by atoms with Gasteiger partial charge in [-0.05, 0) is 54.3 Å². The molecule has 1 aliphatic heterocycles. The van der Waals surface area contributed by atoms with E-state index in [9.17, 15) is 0 Å². The molecular weight excluding hydrogens is 432 g/mol. The molecule has 0 saturated carbocycles. The molecular formula is C28H26ClN2O2+. The predicted octanol–water partition coefficient (Wildman–Crippen LogP) is 7.13. The highest BCUT2D eigenvalue weighted by molar-refractivity contribution is 6.31. The highest BCUT2D eigenvalue weighted by Gasteiger charge is 2.26. The van der Waals surface area contributed by atoms with Crippen LogP contribution >= 0.6 is 11.6 Å². The summed E-state index contributed by atoms with van der Waals surface area (Å²) in [4.78, 5) is 2.13. The van der Waals surface area contributed by atoms with Crippen molar-refractivity contribution >= 4 is 34.5 Å². The molecule has 33 heavy (non-hydrogen) atoms. The standard InChI is InChI=1S/C28H26ClN2O2/c1-4-19(16-28-31(5-2)24-18-22(29)12-14-26(24)33-28)15-27-30(3)23-17-21(11-13-25(23)32-27)20-9-7-6-8-10-20/h6-18H,4-5H2,1-3H3/q+1. The Morgan fingerprint density at radius 1 is 1.00 bits per heavy atom. The largest absolute Gasteiger partial charge is 0.439 e. The smallest absolute Gasteiger partial charge is 0.374 e. The fourth-order valence-corrected chi connectivity index (χ4v) is 4.34. The van der Waals surface area contributed by atoms with E-state index in [0.29, 0.717) is 5.02 Å². The quantitative estimate of drug-likeness (QED) is 0.298. The lowest BCUT2D eigenvalue weighted by Gasteiger charge is -2.16. The maximum absolute atomic E-state index is 6.21. The monoisotopic (exact) mass is 457 g/mol. The molecule has 5 rings (SSSR count). The van der Waals surface area contributed by atoms with Gasteiger partial charge in [-0.2, -0.15) is 4.57 Å². The van der Waals surface area contributed by atoms with Crippen LogP contribution < -0.4 is 14.2 Å². The molecule has 0 bridgehead atoms. The number of fused-ring (bicyclic) bond motifs is 2. The average molecular weight is 458 g/mol. The van der Waals surface area contributed by atoms with E-state index in [-0.39, 0.29) is 0 Å². The summed E-state index contributed by atoms with van der Waals surface area (Å²) in [6.45, 7) is 5.03. The molecule has 4 nitrogen and oxygen atoms in total. The molecule has 0 unspecified atom stereocenters. The number of anilines is 1. The maximum Gasteiger partial charge on any atom is 0.374 e. The lowest BCUT2D eigenvalue weighted by molar-refractivity contribution is -0.652. The summed E-state index contributed by atoms with van der Waals surface area (Å²) >= 11 is 6.21. The third-order valence-electron chi connectivity index (χ3n) is 6.01. The fourth-order valence-electron chi connectivity index (χ4n) is 4.17. The zero-order chi connectivity index (χ0) is 22.9. The van der Waals surface area contributed by atoms with Gasteiger partial charge in [0.05, 0.1) is 11.8 Å². The lowest BCUT2D eigenvalue weighted by atomic mass is 10.1. The molecule has 5 heteroatoms. The van der Waals surface area contributed by atoms with Crippen molar-refractivity contribution in [2.75, 3.05) is 11.4 Å². The third-order valence-corrected chi connectivity index (χ3v) is 6.24. The number of rotatable bonds is 5. The molecule has 166 valence electrons. The molecule has 2 heterocycles. The molecule has 0 aliphatic carbocycles. The van der Waals surface area contributed by atoms with Gasteiger partial charge in [0, 0.05) is 23.7 Å². The second-order valence-corrected chi connectivity index (χ2v) is 8.50. The van der Waals surface area contributed by atoms with Crippen LogP contribution in [0.15, 0.2) is 88.7 Å². The van der Waals surface area contributed by atoms with Crippen LogP contribution in [0.5, 0.6) is 5.75 Å². The van der Waals surface area contributed by atoms with Crippen LogP contribution in [0.4, 0.5) is 5.69 Å². The first-order valence-corrected chi connectivity index (χ1v) is 11.6. The number of hydrogen-bond acceptors (Lipinski definition) is 3. The first-order valence-electron chi connectivity index (χ1n) is 11.2. The summed E-state index contributed by atoms with van der Waals surface area (Å²) in [5.41, 5.74) is 6.38. The zero-order valence-electron chi connectivity index (χ0n) is 19.0. The van der Waals surface area contributed by atoms with Gasteiger partial charge >= 0.3 is 5.89 Å². The number of nitrogens with zero attached hydrogens (tertiary/aromatic N) is 2. The van der Waals surface area contributed by atoms with Gasteiger partial charge in [0.15, 0.2) is 5.75 Å². The summed E-state index contributed by atoms with van der Waals surface area (Å²) in [6.07, 6.45) is 5.01. The first-order chi connectivity index (χ1) is 16.1. The number of benzene rings is 3. The van der Waals surface area contributed by atoms with E-state index >= 15 is 0 Å². The van der Waals surface area contributed by atoms with Crippen molar-refractivity contribution < 1.29 is 13.7 Å². The molecule has 0 saturated heterocycles. The van der Waals surface area contributed by atoms with Crippen LogP contribution in [0.3, 0.4) is 0 Å². The topological polar surface area (TPSA) is 29.5 Å². The molecule has 1 aromatic heterocycles. The van der Waals surface area contributed by atoms with Gasteiger partial charge in [-0.3, -0.25) is 0 Å². The van der Waals surface area contributed by atoms with Crippen LogP contribution in [0.1, 0.15) is 26.2 Å². The Hall–Kier alpha value is -3.50. The van der Waals surface area contributed by atoms with Crippen molar-refractivity contribution in [3.63, 3.8) is 0 Å². The second kappa shape index (κ2) is 8.80. The van der Waals surface area contributed by atoms with Crippen LogP contribution in [0, 0.1) is 0 Å². The van der Waals surface area contributed by atoms with Gasteiger partial charge < -0.3 is 14.1 Å². The number of aryl methyl sites for hydroxylation is 1. The molecule has 0 spiro atoms. The highest BCUT2D eigenvalue weighted by Crippen LogP contribution is 2.40. The Morgan fingerprint density at radius 2 is 1.82 bits per heavy atom. The van der Waals surface area contributed by atoms with Crippen molar-refractivity contribution in [2.24, 2.45) is 7.05 Å². The van der Waals surface area contributed by atoms with Gasteiger partial charge in [-0.25, -0.2) is 0 Å². The minimum atomic E-state index is 0.701. The van der Waals surface area contributed by atoms with Gasteiger partial charge in [0.2, 0.25) is 11.5 Å². The van der Waals surface area contributed by atoms with E-state index in [1.165, 1.54) is 11.1 Å². The Kier molecular flexibility index (Phi) is 5.69. The molecule has 3 aromatic carbocycles. The predicted molar refractivity (Wildman–Crippen MR) is 134 cm³/mol. The SMILES string of the molecule is CCC(=Cc1oc2ccc(-c3ccccc3)cc2[n+]1C)C=C1Oc2ccc(Cl)cc2N1CC. The van der Waals surface area contributed by atoms with E-state index in [1.807, 2.05) is 37.4 Å². The van der Waals surface area contributed by atoms with Crippen LogP contribution in [0.2, 0.25) is 5.02 Å². The van der Waals surface area contributed by atoms with E-state index in [1.54, 1.807) is 0 Å². The van der Waals surface area contributed by atoms with E-state index < -0.39 is 0 Å². The van der Waals surface area contributed by atoms with E-state index in [2.05, 4.69) is 71.9 Å². The lowest BCUT2D eigenvalue weighted by Crippen LogP contribution is -2.29. The second-order valence-electron chi connectivity index (χ2n) is 8.06. The Balaban J connectivity index is 1.51. The number of aromatic nitrogens is 1. The molecule has 0 N–H and O–H groups in total. The Bertz CT molecular complexity index is 1390. The molecule has 0 radical (unpaired) electrons. The minimum Gasteiger partial charge on any atom is -0.439 e. The van der Waals surface area contributed by atoms with Gasteiger partial charge in [0.25, 0.3) is 5.52 Å². The average Bonchev–Trinajstić information content (AvgIpc) is 3.34. The van der Waals surface area contributed by atoms with Gasteiger partial charge in [-0.15, -0.1) is 0 Å². The highest BCUT2D eigenvalue weighted by atomic mass is 35.5. The number of hydrogen-bond donors (Lipinski definition) is 0. The number of halogens is 1. The number of ether oxygens (including phenoxy) is 1. The molecule has 0 amide bonds. The maximum atomic E-state index is 6.21. The van der Waals surface area contributed by atoms with Crippen molar-refractivity contribution in [3.8, 4) is 16.9 Å². The normalized spacial score (nSPS) is 14.7. The van der Waals surface area contributed by atoms with Crippen LogP contribution in [0.25, 0.3) is 28.3 Å². The summed E-state index contributed by atoms with van der Waals surface area (Å²) < 4.78 is 14.4. The fraction of sp³-hybridized carbons (Fsp3) is 0.179. The van der Waals surface area contributed by atoms with Crippen molar-refractivity contribution in [1.82, 2.24) is 0 Å². The van der Waals surface area contributed by atoms with Crippen LogP contribution in [-0.2, 0) is 7.05 Å². The Morgan fingerprint density at radius 3 is 2.58 bits per heavy atom. The van der Waals surface area contributed by atoms with E-state index in [0.717, 1.165) is 52.8 Å². The molecule has 0 fully saturated rings. The van der Waals surface area contributed by atoms with Gasteiger partial charge in [0.1, 0.15) is 7.05 Å². The molecule has 1 aliphatic rings. The summed E-state index contributed by atoms with van der Waals surface area (Å²) in [5, 5.41) is 0.701. The third kappa shape index (κ3) is 4.03. The zero-order valence-corrected chi connectivity index (χ0v) is 19.8. The Labute approximate surface area is 199 Å². The van der Waals surface area contributed by atoms with Crippen molar-refractivity contribution in [2.45, 2.75) is 20.3 Å². The van der Waals surface area contributed by atoms with Crippen molar-refractivity contribution in [1.29, 1.82) is 0 Å². The summed E-state index contributed by atoms with van der Waals surface area (Å²) in [5.74, 6) is 2.42. The molecule has 4 aromatic rings. The summed E-state index contributed by atoms with van der Waals surface area (Å²) in [6, 6.07) is 22.4. The van der Waals surface area contributed by atoms with Crippen molar-refractivity contribution in [3.05, 3.63) is 95.2 Å².